The van der Waals surface area contributed by atoms with E-state index in [0.29, 0.717) is 23.3 Å². The predicted octanol–water partition coefficient (Wildman–Crippen LogP) is 1.94. The van der Waals surface area contributed by atoms with Crippen molar-refractivity contribution in [3.8, 4) is 0 Å². The Kier molecular flexibility index (Phi) is 3.63. The minimum absolute atomic E-state index is 0.00777. The zero-order chi connectivity index (χ0) is 14.9. The first-order chi connectivity index (χ1) is 10.1. The van der Waals surface area contributed by atoms with Crippen LogP contribution < -0.4 is 10.6 Å². The van der Waals surface area contributed by atoms with E-state index in [-0.39, 0.29) is 17.9 Å². The summed E-state index contributed by atoms with van der Waals surface area (Å²) in [5.41, 5.74) is 0.887. The number of carbonyl (C=O) groups is 2. The first kappa shape index (κ1) is 14.0. The number of ether oxygens (including phenoxy) is 1. The van der Waals surface area contributed by atoms with Gasteiger partial charge in [0.15, 0.2) is 5.82 Å². The van der Waals surface area contributed by atoms with Gasteiger partial charge in [0.2, 0.25) is 11.8 Å². The van der Waals surface area contributed by atoms with Crippen LogP contribution >= 0.6 is 0 Å². The van der Waals surface area contributed by atoms with Gasteiger partial charge in [-0.05, 0) is 36.8 Å². The Morgan fingerprint density at radius 1 is 1.43 bits per heavy atom. The van der Waals surface area contributed by atoms with Crippen LogP contribution in [0.2, 0.25) is 0 Å². The number of pyridine rings is 1. The van der Waals surface area contributed by atoms with E-state index in [1.54, 1.807) is 18.3 Å². The van der Waals surface area contributed by atoms with E-state index in [4.69, 9.17) is 4.74 Å². The van der Waals surface area contributed by atoms with E-state index in [1.807, 2.05) is 0 Å². The molecule has 2 aliphatic rings. The molecular formula is C15H19N3O3. The normalized spacial score (nSPS) is 22.0. The van der Waals surface area contributed by atoms with Crippen LogP contribution in [0.1, 0.15) is 32.6 Å². The molecule has 1 aromatic rings. The van der Waals surface area contributed by atoms with Gasteiger partial charge in [-0.2, -0.15) is 0 Å². The Bertz CT molecular complexity index is 569. The predicted molar refractivity (Wildman–Crippen MR) is 77.8 cm³/mol. The summed E-state index contributed by atoms with van der Waals surface area (Å²) in [5.74, 6) is 0.0284. The van der Waals surface area contributed by atoms with E-state index in [2.05, 4.69) is 15.6 Å². The molecule has 1 aliphatic carbocycles. The van der Waals surface area contributed by atoms with Gasteiger partial charge in [0.25, 0.3) is 0 Å². The van der Waals surface area contributed by atoms with Crippen LogP contribution in [0.15, 0.2) is 18.3 Å². The maximum atomic E-state index is 12.1. The number of hydrogen-bond acceptors (Lipinski definition) is 4. The van der Waals surface area contributed by atoms with Crippen LogP contribution in [-0.4, -0.2) is 29.5 Å². The van der Waals surface area contributed by atoms with Crippen molar-refractivity contribution >= 4 is 23.3 Å². The third kappa shape index (κ3) is 3.39. The molecule has 2 fully saturated rings. The summed E-state index contributed by atoms with van der Waals surface area (Å²) in [6.07, 6.45) is 5.34. The lowest BCUT2D eigenvalue weighted by atomic mass is 10.0. The van der Waals surface area contributed by atoms with Crippen LogP contribution in [0.5, 0.6) is 0 Å². The number of aromatic nitrogens is 1. The molecule has 21 heavy (non-hydrogen) atoms. The third-order valence-corrected chi connectivity index (χ3v) is 4.03. The molecule has 2 amide bonds. The fraction of sp³-hybridized carbons (Fsp3) is 0.533. The second-order valence-corrected chi connectivity index (χ2v) is 5.97. The van der Waals surface area contributed by atoms with Gasteiger partial charge in [-0.1, -0.05) is 0 Å². The number of anilines is 2. The van der Waals surface area contributed by atoms with Crippen molar-refractivity contribution < 1.29 is 14.3 Å². The summed E-state index contributed by atoms with van der Waals surface area (Å²) in [7, 11) is 0. The monoisotopic (exact) mass is 289 g/mol. The highest BCUT2D eigenvalue weighted by molar-refractivity contribution is 5.97. The average molecular weight is 289 g/mol. The minimum Gasteiger partial charge on any atom is -0.377 e. The molecular weight excluding hydrogens is 270 g/mol. The molecule has 3 rings (SSSR count). The minimum atomic E-state index is -0.223. The molecule has 6 nitrogen and oxygen atoms in total. The van der Waals surface area contributed by atoms with Crippen LogP contribution in [0.25, 0.3) is 0 Å². The van der Waals surface area contributed by atoms with E-state index < -0.39 is 0 Å². The standard InChI is InChI=1S/C15H19N3O3/c1-10(19)17-14-12(3-2-6-16-14)18-13(20)7-11-8-15(4-5-15)9-21-11/h2-3,6,11H,4-5,7-9H2,1H3,(H,18,20)(H,16,17,19). The fourth-order valence-corrected chi connectivity index (χ4v) is 2.73. The highest BCUT2D eigenvalue weighted by Crippen LogP contribution is 2.54. The first-order valence-electron chi connectivity index (χ1n) is 7.20. The molecule has 6 heteroatoms. The average Bonchev–Trinajstić information content (AvgIpc) is 3.05. The highest BCUT2D eigenvalue weighted by atomic mass is 16.5. The lowest BCUT2D eigenvalue weighted by Gasteiger charge is -2.12. The summed E-state index contributed by atoms with van der Waals surface area (Å²) >= 11 is 0. The lowest BCUT2D eigenvalue weighted by molar-refractivity contribution is -0.118. The molecule has 1 spiro atoms. The van der Waals surface area contributed by atoms with Crippen LogP contribution in [-0.2, 0) is 14.3 Å². The Labute approximate surface area is 123 Å². The van der Waals surface area contributed by atoms with Crippen molar-refractivity contribution in [3.05, 3.63) is 18.3 Å². The summed E-state index contributed by atoms with van der Waals surface area (Å²) < 4.78 is 5.69. The number of carbonyl (C=O) groups excluding carboxylic acids is 2. The van der Waals surface area contributed by atoms with Crippen LogP contribution in [0, 0.1) is 5.41 Å². The van der Waals surface area contributed by atoms with E-state index in [1.165, 1.54) is 19.8 Å². The molecule has 2 heterocycles. The molecule has 1 saturated carbocycles. The van der Waals surface area contributed by atoms with Crippen molar-refractivity contribution in [2.75, 3.05) is 17.2 Å². The molecule has 1 atom stereocenters. The summed E-state index contributed by atoms with van der Waals surface area (Å²) in [4.78, 5) is 27.3. The Balaban J connectivity index is 1.58. The lowest BCUT2D eigenvalue weighted by Crippen LogP contribution is -2.21. The molecule has 112 valence electrons. The summed E-state index contributed by atoms with van der Waals surface area (Å²) in [6.45, 7) is 2.19. The molecule has 2 N–H and O–H groups in total. The third-order valence-electron chi connectivity index (χ3n) is 4.03. The second kappa shape index (κ2) is 5.44. The molecule has 1 unspecified atom stereocenters. The van der Waals surface area contributed by atoms with E-state index in [9.17, 15) is 9.59 Å². The first-order valence-corrected chi connectivity index (χ1v) is 7.20. The quantitative estimate of drug-likeness (QED) is 0.887. The van der Waals surface area contributed by atoms with Crippen molar-refractivity contribution in [3.63, 3.8) is 0 Å². The Morgan fingerprint density at radius 2 is 2.24 bits per heavy atom. The molecule has 1 aromatic heterocycles. The van der Waals surface area contributed by atoms with Gasteiger partial charge < -0.3 is 15.4 Å². The number of rotatable bonds is 4. The number of nitrogens with zero attached hydrogens (tertiary/aromatic N) is 1. The maximum Gasteiger partial charge on any atom is 0.227 e. The zero-order valence-corrected chi connectivity index (χ0v) is 12.0. The highest BCUT2D eigenvalue weighted by Gasteiger charge is 2.49. The molecule has 1 aliphatic heterocycles. The van der Waals surface area contributed by atoms with E-state index >= 15 is 0 Å². The van der Waals surface area contributed by atoms with E-state index in [0.717, 1.165) is 13.0 Å². The van der Waals surface area contributed by atoms with Gasteiger partial charge in [0.05, 0.1) is 24.8 Å². The van der Waals surface area contributed by atoms with Gasteiger partial charge in [-0.25, -0.2) is 4.98 Å². The van der Waals surface area contributed by atoms with Gasteiger partial charge in [-0.15, -0.1) is 0 Å². The summed E-state index contributed by atoms with van der Waals surface area (Å²) in [6, 6.07) is 3.43. The van der Waals surface area contributed by atoms with Crippen molar-refractivity contribution in [2.45, 2.75) is 38.7 Å². The SMILES string of the molecule is CC(=O)Nc1ncccc1NC(=O)CC1CC2(CC2)CO1. The van der Waals surface area contributed by atoms with Gasteiger partial charge >= 0.3 is 0 Å². The summed E-state index contributed by atoms with van der Waals surface area (Å²) in [5, 5.41) is 5.39. The van der Waals surface area contributed by atoms with Gasteiger partial charge in [0.1, 0.15) is 0 Å². The van der Waals surface area contributed by atoms with Gasteiger partial charge in [-0.3, -0.25) is 9.59 Å². The van der Waals surface area contributed by atoms with Crippen LogP contribution in [0.3, 0.4) is 0 Å². The number of nitrogens with one attached hydrogen (secondary N) is 2. The number of amides is 2. The topological polar surface area (TPSA) is 80.3 Å². The molecule has 0 bridgehead atoms. The molecule has 1 saturated heterocycles. The fourth-order valence-electron chi connectivity index (χ4n) is 2.73. The van der Waals surface area contributed by atoms with Gasteiger partial charge in [0, 0.05) is 13.1 Å². The van der Waals surface area contributed by atoms with Crippen molar-refractivity contribution in [1.29, 1.82) is 0 Å². The maximum absolute atomic E-state index is 12.1. The Morgan fingerprint density at radius 3 is 2.90 bits per heavy atom. The van der Waals surface area contributed by atoms with Crippen molar-refractivity contribution in [2.24, 2.45) is 5.41 Å². The van der Waals surface area contributed by atoms with Crippen molar-refractivity contribution in [1.82, 2.24) is 4.98 Å². The Hall–Kier alpha value is -1.95. The molecule has 0 radical (unpaired) electrons. The molecule has 0 aromatic carbocycles. The second-order valence-electron chi connectivity index (χ2n) is 5.97. The smallest absolute Gasteiger partial charge is 0.227 e. The zero-order valence-electron chi connectivity index (χ0n) is 12.0. The number of hydrogen-bond donors (Lipinski definition) is 2. The van der Waals surface area contributed by atoms with Crippen LogP contribution in [0.4, 0.5) is 11.5 Å². The largest absolute Gasteiger partial charge is 0.377 e.